The fourth-order valence-electron chi connectivity index (χ4n) is 1.86. The second kappa shape index (κ2) is 8.51. The Kier molecular flexibility index (Phi) is 6.08. The van der Waals surface area contributed by atoms with E-state index >= 15 is 0 Å². The van der Waals surface area contributed by atoms with E-state index in [0.29, 0.717) is 17.9 Å². The minimum atomic E-state index is -1.25. The van der Waals surface area contributed by atoms with Gasteiger partial charge in [-0.05, 0) is 23.3 Å². The zero-order valence-corrected chi connectivity index (χ0v) is 12.6. The van der Waals surface area contributed by atoms with Crippen molar-refractivity contribution in [3.8, 4) is 5.75 Å². The third kappa shape index (κ3) is 5.09. The number of rotatable bonds is 7. The maximum atomic E-state index is 11.8. The van der Waals surface area contributed by atoms with Gasteiger partial charge in [0.05, 0.1) is 6.21 Å². The first-order valence-electron chi connectivity index (χ1n) is 7.10. The van der Waals surface area contributed by atoms with Crippen LogP contribution >= 0.6 is 0 Å². The van der Waals surface area contributed by atoms with Crippen LogP contribution in [0.3, 0.4) is 0 Å². The van der Waals surface area contributed by atoms with E-state index in [4.69, 9.17) is 4.74 Å². The minimum absolute atomic E-state index is 0.417. The van der Waals surface area contributed by atoms with Gasteiger partial charge in [-0.2, -0.15) is 5.10 Å². The molecule has 0 fully saturated rings. The Morgan fingerprint density at radius 3 is 2.78 bits per heavy atom. The fraction of sp³-hybridized carbons (Fsp3) is 0.111. The Hall–Kier alpha value is -2.92. The number of aliphatic hydroxyl groups is 1. The highest BCUT2D eigenvalue weighted by Crippen LogP contribution is 2.13. The van der Waals surface area contributed by atoms with E-state index in [2.05, 4.69) is 17.1 Å². The van der Waals surface area contributed by atoms with Crippen LogP contribution in [0.1, 0.15) is 17.2 Å². The SMILES string of the molecule is C=CCOc1cccc(/C=N\NC(=O)[C@H](O)c2ccccc2)c1. The average molecular weight is 310 g/mol. The van der Waals surface area contributed by atoms with Crippen LogP contribution in [0.5, 0.6) is 5.75 Å². The average Bonchev–Trinajstić information content (AvgIpc) is 2.60. The van der Waals surface area contributed by atoms with Gasteiger partial charge >= 0.3 is 0 Å². The smallest absolute Gasteiger partial charge is 0.273 e. The van der Waals surface area contributed by atoms with Crippen molar-refractivity contribution in [2.24, 2.45) is 5.10 Å². The summed E-state index contributed by atoms with van der Waals surface area (Å²) in [5.41, 5.74) is 3.59. The van der Waals surface area contributed by atoms with Gasteiger partial charge in [-0.1, -0.05) is 55.1 Å². The monoisotopic (exact) mass is 310 g/mol. The Morgan fingerprint density at radius 1 is 1.26 bits per heavy atom. The zero-order chi connectivity index (χ0) is 16.5. The third-order valence-electron chi connectivity index (χ3n) is 2.98. The summed E-state index contributed by atoms with van der Waals surface area (Å²) in [5, 5.41) is 13.8. The van der Waals surface area contributed by atoms with Gasteiger partial charge < -0.3 is 9.84 Å². The van der Waals surface area contributed by atoms with Crippen LogP contribution in [0.4, 0.5) is 0 Å². The number of ether oxygens (including phenoxy) is 1. The van der Waals surface area contributed by atoms with Crippen LogP contribution in [0.25, 0.3) is 0 Å². The zero-order valence-electron chi connectivity index (χ0n) is 12.6. The second-order valence-electron chi connectivity index (χ2n) is 4.72. The summed E-state index contributed by atoms with van der Waals surface area (Å²) in [5.74, 6) is 0.0935. The van der Waals surface area contributed by atoms with E-state index in [-0.39, 0.29) is 0 Å². The van der Waals surface area contributed by atoms with Crippen molar-refractivity contribution in [2.45, 2.75) is 6.10 Å². The Morgan fingerprint density at radius 2 is 2.04 bits per heavy atom. The van der Waals surface area contributed by atoms with Crippen LogP contribution in [0.15, 0.2) is 72.4 Å². The number of hydrogen-bond donors (Lipinski definition) is 2. The lowest BCUT2D eigenvalue weighted by molar-refractivity contribution is -0.129. The van der Waals surface area contributed by atoms with Crippen molar-refractivity contribution >= 4 is 12.1 Å². The minimum Gasteiger partial charge on any atom is -0.490 e. The Bertz CT molecular complexity index is 684. The molecule has 5 nitrogen and oxygen atoms in total. The lowest BCUT2D eigenvalue weighted by Gasteiger charge is -2.08. The molecule has 0 aliphatic rings. The van der Waals surface area contributed by atoms with Crippen LogP contribution in [-0.4, -0.2) is 23.8 Å². The van der Waals surface area contributed by atoms with Crippen LogP contribution in [-0.2, 0) is 4.79 Å². The summed E-state index contributed by atoms with van der Waals surface area (Å²) in [6.45, 7) is 4.00. The number of nitrogens with zero attached hydrogens (tertiary/aromatic N) is 1. The van der Waals surface area contributed by atoms with Gasteiger partial charge in [0.25, 0.3) is 5.91 Å². The molecule has 0 heterocycles. The van der Waals surface area contributed by atoms with Crippen molar-refractivity contribution in [2.75, 3.05) is 6.61 Å². The molecular weight excluding hydrogens is 292 g/mol. The molecular formula is C18H18N2O3. The van der Waals surface area contributed by atoms with Crippen molar-refractivity contribution in [1.29, 1.82) is 0 Å². The van der Waals surface area contributed by atoms with E-state index in [1.165, 1.54) is 6.21 Å². The molecule has 2 N–H and O–H groups in total. The first-order chi connectivity index (χ1) is 11.2. The number of carbonyl (C=O) groups is 1. The van der Waals surface area contributed by atoms with E-state index < -0.39 is 12.0 Å². The molecule has 0 aliphatic heterocycles. The molecule has 1 amide bonds. The third-order valence-corrected chi connectivity index (χ3v) is 2.98. The molecule has 0 radical (unpaired) electrons. The van der Waals surface area contributed by atoms with Gasteiger partial charge in [0.1, 0.15) is 12.4 Å². The molecule has 118 valence electrons. The molecule has 2 aromatic carbocycles. The molecule has 0 bridgehead atoms. The normalized spacial score (nSPS) is 11.9. The van der Waals surface area contributed by atoms with Gasteiger partial charge in [0, 0.05) is 0 Å². The largest absolute Gasteiger partial charge is 0.490 e. The molecule has 2 aromatic rings. The van der Waals surface area contributed by atoms with Crippen LogP contribution in [0.2, 0.25) is 0 Å². The van der Waals surface area contributed by atoms with Crippen molar-refractivity contribution in [3.05, 3.63) is 78.4 Å². The highest BCUT2D eigenvalue weighted by atomic mass is 16.5. The lowest BCUT2D eigenvalue weighted by Crippen LogP contribution is -2.25. The second-order valence-corrected chi connectivity index (χ2v) is 4.72. The maximum absolute atomic E-state index is 11.8. The summed E-state index contributed by atoms with van der Waals surface area (Å²) in [6, 6.07) is 15.9. The molecule has 0 saturated carbocycles. The summed E-state index contributed by atoms with van der Waals surface area (Å²) in [7, 11) is 0. The molecule has 0 aromatic heterocycles. The van der Waals surface area contributed by atoms with Gasteiger partial charge in [0.15, 0.2) is 6.10 Å². The quantitative estimate of drug-likeness (QED) is 0.469. The predicted octanol–water partition coefficient (Wildman–Crippen LogP) is 2.44. The van der Waals surface area contributed by atoms with E-state index in [9.17, 15) is 9.90 Å². The highest BCUT2D eigenvalue weighted by molar-refractivity contribution is 5.85. The number of carbonyl (C=O) groups excluding carboxylic acids is 1. The van der Waals surface area contributed by atoms with E-state index in [1.807, 2.05) is 24.3 Å². The summed E-state index contributed by atoms with van der Waals surface area (Å²) in [6.07, 6.45) is 1.89. The lowest BCUT2D eigenvalue weighted by atomic mass is 10.1. The number of hydrazone groups is 1. The molecule has 23 heavy (non-hydrogen) atoms. The van der Waals surface area contributed by atoms with Crippen molar-refractivity contribution in [3.63, 3.8) is 0 Å². The number of benzene rings is 2. The number of aliphatic hydroxyl groups excluding tert-OH is 1. The van der Waals surface area contributed by atoms with Crippen molar-refractivity contribution in [1.82, 2.24) is 5.43 Å². The van der Waals surface area contributed by atoms with Crippen LogP contribution in [0, 0.1) is 0 Å². The Balaban J connectivity index is 1.93. The standard InChI is InChI=1S/C18H18N2O3/c1-2-11-23-16-10-6-7-14(12-16)13-19-20-18(22)17(21)15-8-4-3-5-9-15/h2-10,12-13,17,21H,1,11H2,(H,20,22)/b19-13-/t17-/m1/s1. The first kappa shape index (κ1) is 16.5. The van der Waals surface area contributed by atoms with Gasteiger partial charge in [-0.15, -0.1) is 0 Å². The van der Waals surface area contributed by atoms with E-state index in [1.54, 1.807) is 36.4 Å². The van der Waals surface area contributed by atoms with E-state index in [0.717, 1.165) is 5.56 Å². The highest BCUT2D eigenvalue weighted by Gasteiger charge is 2.15. The predicted molar refractivity (Wildman–Crippen MR) is 89.3 cm³/mol. The fourth-order valence-corrected chi connectivity index (χ4v) is 1.86. The first-order valence-corrected chi connectivity index (χ1v) is 7.10. The molecule has 0 saturated heterocycles. The molecule has 1 atom stereocenters. The van der Waals surface area contributed by atoms with Gasteiger partial charge in [-0.25, -0.2) is 5.43 Å². The van der Waals surface area contributed by atoms with Crippen LogP contribution < -0.4 is 10.2 Å². The van der Waals surface area contributed by atoms with Gasteiger partial charge in [0.2, 0.25) is 0 Å². The topological polar surface area (TPSA) is 70.9 Å². The molecule has 0 unspecified atom stereocenters. The number of nitrogens with one attached hydrogen (secondary N) is 1. The molecule has 5 heteroatoms. The van der Waals surface area contributed by atoms with Crippen molar-refractivity contribution < 1.29 is 14.6 Å². The summed E-state index contributed by atoms with van der Waals surface area (Å²) < 4.78 is 5.41. The number of amides is 1. The summed E-state index contributed by atoms with van der Waals surface area (Å²) in [4.78, 5) is 11.8. The molecule has 2 rings (SSSR count). The molecule has 0 spiro atoms. The van der Waals surface area contributed by atoms with Gasteiger partial charge in [-0.3, -0.25) is 4.79 Å². The maximum Gasteiger partial charge on any atom is 0.273 e. The molecule has 0 aliphatic carbocycles. The number of hydrogen-bond acceptors (Lipinski definition) is 4. The summed E-state index contributed by atoms with van der Waals surface area (Å²) >= 11 is 0. The Labute approximate surface area is 134 Å².